The van der Waals surface area contributed by atoms with Crippen molar-refractivity contribution in [3.63, 3.8) is 0 Å². The first-order chi connectivity index (χ1) is 11.4. The Balaban J connectivity index is 1.64. The van der Waals surface area contributed by atoms with E-state index < -0.39 is 0 Å². The van der Waals surface area contributed by atoms with E-state index >= 15 is 0 Å². The maximum atomic E-state index is 12.2. The van der Waals surface area contributed by atoms with E-state index in [4.69, 9.17) is 0 Å². The van der Waals surface area contributed by atoms with Gasteiger partial charge in [-0.05, 0) is 99.2 Å². The van der Waals surface area contributed by atoms with Gasteiger partial charge in [0.1, 0.15) is 5.78 Å². The first-order valence-corrected chi connectivity index (χ1v) is 10.2. The molecule has 0 aromatic carbocycles. The summed E-state index contributed by atoms with van der Waals surface area (Å²) >= 11 is 0. The second kappa shape index (κ2) is 5.81. The Morgan fingerprint density at radius 2 is 1.83 bits per heavy atom. The molecule has 0 unspecified atom stereocenters. The molecule has 0 bridgehead atoms. The van der Waals surface area contributed by atoms with Gasteiger partial charge in [0.2, 0.25) is 0 Å². The minimum absolute atomic E-state index is 0.0534. The van der Waals surface area contributed by atoms with Crippen molar-refractivity contribution >= 4 is 5.78 Å². The Morgan fingerprint density at radius 3 is 2.54 bits per heavy atom. The Kier molecular flexibility index (Phi) is 4.12. The summed E-state index contributed by atoms with van der Waals surface area (Å²) in [5.41, 5.74) is 0.252. The number of Topliss-reactive ketones (excluding diaryl/α,β-unsaturated/α-hetero) is 1. The van der Waals surface area contributed by atoms with Crippen LogP contribution in [0.25, 0.3) is 0 Å². The topological polar surface area (TPSA) is 57.5 Å². The van der Waals surface area contributed by atoms with Gasteiger partial charge in [0.15, 0.2) is 0 Å². The summed E-state index contributed by atoms with van der Waals surface area (Å²) in [6, 6.07) is 0. The summed E-state index contributed by atoms with van der Waals surface area (Å²) < 4.78 is 0. The smallest absolute Gasteiger partial charge is 0.133 e. The molecule has 8 atom stereocenters. The highest BCUT2D eigenvalue weighted by molar-refractivity contribution is 5.79. The molecular formula is C21H34O3. The molecule has 0 spiro atoms. The van der Waals surface area contributed by atoms with E-state index in [9.17, 15) is 15.0 Å². The van der Waals surface area contributed by atoms with Gasteiger partial charge in [0.05, 0.1) is 6.10 Å². The molecule has 0 aliphatic heterocycles. The average molecular weight is 335 g/mol. The largest absolute Gasteiger partial charge is 0.396 e. The van der Waals surface area contributed by atoms with Crippen LogP contribution in [-0.4, -0.2) is 28.7 Å². The number of fused-ring (bicyclic) bond motifs is 5. The van der Waals surface area contributed by atoms with E-state index in [1.54, 1.807) is 6.92 Å². The number of ketones is 1. The lowest BCUT2D eigenvalue weighted by Crippen LogP contribution is -2.56. The fourth-order valence-corrected chi connectivity index (χ4v) is 8.00. The second-order valence-corrected chi connectivity index (χ2v) is 9.76. The maximum Gasteiger partial charge on any atom is 0.133 e. The molecule has 4 fully saturated rings. The normalized spacial score (nSPS) is 53.8. The van der Waals surface area contributed by atoms with E-state index in [0.717, 1.165) is 38.5 Å². The maximum absolute atomic E-state index is 12.2. The summed E-state index contributed by atoms with van der Waals surface area (Å²) in [7, 11) is 0. The molecule has 4 rings (SSSR count). The lowest BCUT2D eigenvalue weighted by molar-refractivity contribution is -0.156. The molecular weight excluding hydrogens is 300 g/mol. The number of aliphatic hydroxyl groups excluding tert-OH is 2. The quantitative estimate of drug-likeness (QED) is 0.812. The van der Waals surface area contributed by atoms with Crippen molar-refractivity contribution in [3.8, 4) is 0 Å². The lowest BCUT2D eigenvalue weighted by atomic mass is 9.44. The molecule has 4 saturated carbocycles. The van der Waals surface area contributed by atoms with Gasteiger partial charge in [-0.2, -0.15) is 0 Å². The van der Waals surface area contributed by atoms with Crippen LogP contribution in [0, 0.1) is 40.4 Å². The zero-order chi connectivity index (χ0) is 17.1. The third-order valence-electron chi connectivity index (χ3n) is 9.12. The van der Waals surface area contributed by atoms with Gasteiger partial charge in [-0.3, -0.25) is 4.79 Å². The number of hydrogen-bond donors (Lipinski definition) is 2. The van der Waals surface area contributed by atoms with Crippen molar-refractivity contribution in [3.05, 3.63) is 0 Å². The van der Waals surface area contributed by atoms with Crippen LogP contribution >= 0.6 is 0 Å². The Morgan fingerprint density at radius 1 is 1.04 bits per heavy atom. The summed E-state index contributed by atoms with van der Waals surface area (Å²) in [5.74, 6) is 3.12. The molecule has 0 radical (unpaired) electrons. The van der Waals surface area contributed by atoms with Crippen molar-refractivity contribution in [2.75, 3.05) is 6.61 Å². The number of carbonyl (C=O) groups is 1. The Hall–Kier alpha value is -0.410. The summed E-state index contributed by atoms with van der Waals surface area (Å²) in [6.45, 7) is 4.47. The highest BCUT2D eigenvalue weighted by atomic mass is 16.3. The zero-order valence-corrected chi connectivity index (χ0v) is 15.3. The SMILES string of the molecule is CC(=O)[C@H]1CC[C@H]2[C@@H]3CC[C@H]4C[C@H](O)CC[C@]4(CO)[C@H]3CC[C@]12C. The number of rotatable bonds is 2. The van der Waals surface area contributed by atoms with Crippen molar-refractivity contribution in [1.82, 2.24) is 0 Å². The molecule has 0 aromatic rings. The van der Waals surface area contributed by atoms with Crippen molar-refractivity contribution < 1.29 is 15.0 Å². The Labute approximate surface area is 146 Å². The molecule has 0 amide bonds. The van der Waals surface area contributed by atoms with Gasteiger partial charge in [-0.15, -0.1) is 0 Å². The molecule has 0 heterocycles. The molecule has 3 heteroatoms. The first-order valence-electron chi connectivity index (χ1n) is 10.2. The molecule has 24 heavy (non-hydrogen) atoms. The van der Waals surface area contributed by atoms with Crippen LogP contribution in [0.1, 0.15) is 71.6 Å². The minimum atomic E-state index is -0.159. The molecule has 0 aromatic heterocycles. The van der Waals surface area contributed by atoms with Gasteiger partial charge < -0.3 is 10.2 Å². The third-order valence-corrected chi connectivity index (χ3v) is 9.12. The van der Waals surface area contributed by atoms with Crippen LogP contribution in [0.2, 0.25) is 0 Å². The average Bonchev–Trinajstić information content (AvgIpc) is 2.91. The predicted octanol–water partition coefficient (Wildman–Crippen LogP) is 3.57. The minimum Gasteiger partial charge on any atom is -0.396 e. The number of aliphatic hydroxyl groups is 2. The molecule has 136 valence electrons. The molecule has 4 aliphatic rings. The molecule has 2 N–H and O–H groups in total. The number of hydrogen-bond acceptors (Lipinski definition) is 3. The number of carbonyl (C=O) groups excluding carboxylic acids is 1. The van der Waals surface area contributed by atoms with Crippen LogP contribution in [-0.2, 0) is 4.79 Å². The second-order valence-electron chi connectivity index (χ2n) is 9.76. The van der Waals surface area contributed by atoms with Crippen LogP contribution in [0.15, 0.2) is 0 Å². The van der Waals surface area contributed by atoms with Gasteiger partial charge in [0, 0.05) is 12.5 Å². The van der Waals surface area contributed by atoms with Gasteiger partial charge in [-0.25, -0.2) is 0 Å². The fourth-order valence-electron chi connectivity index (χ4n) is 8.00. The summed E-state index contributed by atoms with van der Waals surface area (Å²) in [6.07, 6.45) is 9.61. The Bertz CT molecular complexity index is 517. The van der Waals surface area contributed by atoms with E-state index in [1.807, 2.05) is 0 Å². The van der Waals surface area contributed by atoms with Gasteiger partial charge in [0.25, 0.3) is 0 Å². The van der Waals surface area contributed by atoms with Crippen LogP contribution in [0.5, 0.6) is 0 Å². The van der Waals surface area contributed by atoms with Gasteiger partial charge in [-0.1, -0.05) is 6.92 Å². The van der Waals surface area contributed by atoms with Crippen molar-refractivity contribution in [2.24, 2.45) is 40.4 Å². The monoisotopic (exact) mass is 334 g/mol. The van der Waals surface area contributed by atoms with E-state index in [2.05, 4.69) is 6.92 Å². The van der Waals surface area contributed by atoms with Crippen LogP contribution < -0.4 is 0 Å². The van der Waals surface area contributed by atoms with E-state index in [1.165, 1.54) is 19.3 Å². The van der Waals surface area contributed by atoms with Crippen molar-refractivity contribution in [2.45, 2.75) is 77.7 Å². The molecule has 4 aliphatic carbocycles. The lowest BCUT2D eigenvalue weighted by Gasteiger charge is -2.61. The third kappa shape index (κ3) is 2.19. The van der Waals surface area contributed by atoms with Crippen LogP contribution in [0.3, 0.4) is 0 Å². The predicted molar refractivity (Wildman–Crippen MR) is 93.3 cm³/mol. The van der Waals surface area contributed by atoms with Gasteiger partial charge >= 0.3 is 0 Å². The zero-order valence-electron chi connectivity index (χ0n) is 15.3. The molecule has 0 saturated heterocycles. The molecule has 3 nitrogen and oxygen atoms in total. The highest BCUT2D eigenvalue weighted by Gasteiger charge is 2.61. The standard InChI is InChI=1S/C21H34O3/c1-13(23)17-5-6-18-16-4-3-14-11-15(24)7-10-21(14,12-22)19(16)8-9-20(17,18)2/h14-19,22,24H,3-12H2,1-2H3/t14-,15+,16-,17+,18-,19-,20+,21+/m0/s1. The highest BCUT2D eigenvalue weighted by Crippen LogP contribution is 2.67. The first kappa shape index (κ1) is 17.0. The fraction of sp³-hybridized carbons (Fsp3) is 0.952. The van der Waals surface area contributed by atoms with E-state index in [-0.39, 0.29) is 22.9 Å². The summed E-state index contributed by atoms with van der Waals surface area (Å²) in [4.78, 5) is 12.2. The summed E-state index contributed by atoms with van der Waals surface area (Å²) in [5, 5.41) is 20.5. The van der Waals surface area contributed by atoms with Crippen LogP contribution in [0.4, 0.5) is 0 Å². The van der Waals surface area contributed by atoms with E-state index in [0.29, 0.717) is 36.1 Å². The van der Waals surface area contributed by atoms with Crippen molar-refractivity contribution in [1.29, 1.82) is 0 Å².